The second kappa shape index (κ2) is 8.29. The lowest BCUT2D eigenvalue weighted by Crippen LogP contribution is -2.30. The molecule has 162 valence electrons. The van der Waals surface area contributed by atoms with Gasteiger partial charge in [0.2, 0.25) is 5.95 Å². The number of hydrogen-bond acceptors (Lipinski definition) is 6. The first kappa shape index (κ1) is 20.5. The van der Waals surface area contributed by atoms with Crippen LogP contribution in [0.25, 0.3) is 16.9 Å². The molecule has 0 saturated carbocycles. The maximum Gasteiger partial charge on any atom is 0.489 e. The van der Waals surface area contributed by atoms with Crippen molar-refractivity contribution in [3.63, 3.8) is 0 Å². The average molecular weight is 427 g/mol. The first-order chi connectivity index (χ1) is 15.5. The molecule has 0 bridgehead atoms. The monoisotopic (exact) mass is 427 g/mol. The van der Waals surface area contributed by atoms with E-state index in [0.717, 1.165) is 53.2 Å². The predicted octanol–water partition coefficient (Wildman–Crippen LogP) is 2.40. The lowest BCUT2D eigenvalue weighted by atomic mass is 9.78. The smallest absolute Gasteiger partial charge is 0.423 e. The molecule has 4 aromatic rings. The van der Waals surface area contributed by atoms with Crippen molar-refractivity contribution in [1.29, 1.82) is 0 Å². The molecule has 0 aliphatic carbocycles. The van der Waals surface area contributed by atoms with Crippen LogP contribution in [-0.4, -0.2) is 45.3 Å². The van der Waals surface area contributed by atoms with Crippen LogP contribution in [-0.2, 0) is 13.0 Å². The standard InChI is InChI=1S/C24H26BN5O2/c1-16-14-19-20(25(31)32)11-6-12-21(19)30(16)24-27-22(26-15-17-8-4-3-5-9-17)18-10-7-13-29(2)23(18)28-24/h3-6,8-9,11-12,14,31-32H,7,10,13,15H2,1-2H3,(H,26,27,28). The third kappa shape index (κ3) is 3.61. The first-order valence-corrected chi connectivity index (χ1v) is 10.9. The minimum atomic E-state index is -1.53. The van der Waals surface area contributed by atoms with Gasteiger partial charge in [0, 0.05) is 36.8 Å². The molecule has 7 nitrogen and oxygen atoms in total. The molecule has 8 heteroatoms. The number of rotatable bonds is 5. The quantitative estimate of drug-likeness (QED) is 0.424. The Morgan fingerprint density at radius 2 is 1.88 bits per heavy atom. The van der Waals surface area contributed by atoms with Gasteiger partial charge >= 0.3 is 7.12 Å². The van der Waals surface area contributed by atoms with Crippen molar-refractivity contribution >= 4 is 35.1 Å². The fourth-order valence-corrected chi connectivity index (χ4v) is 4.51. The van der Waals surface area contributed by atoms with E-state index in [9.17, 15) is 10.0 Å². The molecule has 32 heavy (non-hydrogen) atoms. The highest BCUT2D eigenvalue weighted by molar-refractivity contribution is 6.61. The highest BCUT2D eigenvalue weighted by Crippen LogP contribution is 2.32. The number of fused-ring (bicyclic) bond motifs is 2. The summed E-state index contributed by atoms with van der Waals surface area (Å²) in [6.07, 6.45) is 2.00. The Kier molecular flexibility index (Phi) is 5.32. The lowest BCUT2D eigenvalue weighted by molar-refractivity contribution is 0.426. The summed E-state index contributed by atoms with van der Waals surface area (Å²) in [5.41, 5.74) is 4.58. The van der Waals surface area contributed by atoms with Gasteiger partial charge in [-0.05, 0) is 42.9 Å². The van der Waals surface area contributed by atoms with Crippen LogP contribution >= 0.6 is 0 Å². The number of aromatic nitrogens is 3. The molecular weight excluding hydrogens is 401 g/mol. The lowest BCUT2D eigenvalue weighted by Gasteiger charge is -2.28. The van der Waals surface area contributed by atoms with Crippen LogP contribution in [0.5, 0.6) is 0 Å². The zero-order valence-electron chi connectivity index (χ0n) is 18.3. The molecular formula is C24H26BN5O2. The van der Waals surface area contributed by atoms with Gasteiger partial charge in [-0.1, -0.05) is 42.5 Å². The average Bonchev–Trinajstić information content (AvgIpc) is 3.14. The molecule has 0 saturated heterocycles. The minimum Gasteiger partial charge on any atom is -0.423 e. The van der Waals surface area contributed by atoms with E-state index in [-0.39, 0.29) is 0 Å². The van der Waals surface area contributed by atoms with Crippen molar-refractivity contribution in [2.24, 2.45) is 0 Å². The first-order valence-electron chi connectivity index (χ1n) is 10.9. The molecule has 0 fully saturated rings. The van der Waals surface area contributed by atoms with Crippen LogP contribution in [0.2, 0.25) is 0 Å². The van der Waals surface area contributed by atoms with E-state index < -0.39 is 7.12 Å². The van der Waals surface area contributed by atoms with E-state index in [1.165, 1.54) is 5.56 Å². The molecule has 1 aliphatic rings. The second-order valence-electron chi connectivity index (χ2n) is 8.31. The topological polar surface area (TPSA) is 86.4 Å². The SMILES string of the molecule is Cc1cc2c(B(O)O)cccc2n1-c1nc(NCc2ccccc2)c2c(n1)N(C)CCC2. The Hall–Kier alpha value is -3.36. The van der Waals surface area contributed by atoms with Crippen LogP contribution in [0, 0.1) is 6.92 Å². The highest BCUT2D eigenvalue weighted by Gasteiger charge is 2.24. The summed E-state index contributed by atoms with van der Waals surface area (Å²) in [4.78, 5) is 12.1. The summed E-state index contributed by atoms with van der Waals surface area (Å²) in [7, 11) is 0.531. The molecule has 3 heterocycles. The van der Waals surface area contributed by atoms with Gasteiger partial charge in [0.05, 0.1) is 5.52 Å². The fraction of sp³-hybridized carbons (Fsp3) is 0.250. The van der Waals surface area contributed by atoms with E-state index in [1.807, 2.05) is 47.9 Å². The van der Waals surface area contributed by atoms with Crippen molar-refractivity contribution in [2.45, 2.75) is 26.3 Å². The molecule has 3 N–H and O–H groups in total. The zero-order chi connectivity index (χ0) is 22.2. The highest BCUT2D eigenvalue weighted by atomic mass is 16.4. The molecule has 5 rings (SSSR count). The minimum absolute atomic E-state index is 0.474. The van der Waals surface area contributed by atoms with Gasteiger partial charge in [-0.15, -0.1) is 0 Å². The van der Waals surface area contributed by atoms with E-state index in [4.69, 9.17) is 9.97 Å². The van der Waals surface area contributed by atoms with Gasteiger partial charge < -0.3 is 20.3 Å². The summed E-state index contributed by atoms with van der Waals surface area (Å²) in [5.74, 6) is 2.36. The van der Waals surface area contributed by atoms with Crippen molar-refractivity contribution in [3.8, 4) is 5.95 Å². The second-order valence-corrected chi connectivity index (χ2v) is 8.31. The van der Waals surface area contributed by atoms with Crippen LogP contribution in [0.15, 0.2) is 54.6 Å². The van der Waals surface area contributed by atoms with Gasteiger partial charge in [0.25, 0.3) is 0 Å². The fourth-order valence-electron chi connectivity index (χ4n) is 4.51. The summed E-state index contributed by atoms with van der Waals surface area (Å²) >= 11 is 0. The van der Waals surface area contributed by atoms with Gasteiger partial charge in [0.1, 0.15) is 11.6 Å². The molecule has 1 aliphatic heterocycles. The third-order valence-corrected chi connectivity index (χ3v) is 6.10. The van der Waals surface area contributed by atoms with Crippen molar-refractivity contribution in [3.05, 3.63) is 71.4 Å². The number of anilines is 2. The van der Waals surface area contributed by atoms with Gasteiger partial charge in [-0.3, -0.25) is 4.57 Å². The van der Waals surface area contributed by atoms with Crippen LogP contribution in [0.4, 0.5) is 11.6 Å². The maximum absolute atomic E-state index is 9.81. The van der Waals surface area contributed by atoms with Gasteiger partial charge in [-0.25, -0.2) is 0 Å². The summed E-state index contributed by atoms with van der Waals surface area (Å²) in [6.45, 7) is 3.62. The van der Waals surface area contributed by atoms with Gasteiger partial charge in [-0.2, -0.15) is 9.97 Å². The van der Waals surface area contributed by atoms with Crippen molar-refractivity contribution in [1.82, 2.24) is 14.5 Å². The largest absolute Gasteiger partial charge is 0.489 e. The molecule has 2 aromatic heterocycles. The van der Waals surface area contributed by atoms with Gasteiger partial charge in [0.15, 0.2) is 0 Å². The van der Waals surface area contributed by atoms with E-state index >= 15 is 0 Å². The van der Waals surface area contributed by atoms with E-state index in [2.05, 4.69) is 29.4 Å². The van der Waals surface area contributed by atoms with Crippen molar-refractivity contribution < 1.29 is 10.0 Å². The molecule has 0 atom stereocenters. The zero-order valence-corrected chi connectivity index (χ0v) is 18.3. The molecule has 0 spiro atoms. The summed E-state index contributed by atoms with van der Waals surface area (Å²) in [6, 6.07) is 17.7. The third-order valence-electron chi connectivity index (χ3n) is 6.10. The molecule has 0 radical (unpaired) electrons. The Labute approximate surface area is 187 Å². The number of hydrogen-bond donors (Lipinski definition) is 3. The summed E-state index contributed by atoms with van der Waals surface area (Å²) in [5, 5.41) is 23.9. The number of nitrogens with one attached hydrogen (secondary N) is 1. The predicted molar refractivity (Wildman–Crippen MR) is 129 cm³/mol. The number of aryl methyl sites for hydroxylation is 1. The van der Waals surface area contributed by atoms with Crippen LogP contribution in [0.1, 0.15) is 23.2 Å². The Morgan fingerprint density at radius 1 is 1.06 bits per heavy atom. The Balaban J connectivity index is 1.64. The maximum atomic E-state index is 9.81. The normalized spacial score (nSPS) is 13.3. The number of benzene rings is 2. The molecule has 0 amide bonds. The molecule has 2 aromatic carbocycles. The number of nitrogens with zero attached hydrogens (tertiary/aromatic N) is 4. The summed E-state index contributed by atoms with van der Waals surface area (Å²) < 4.78 is 1.98. The Morgan fingerprint density at radius 3 is 2.66 bits per heavy atom. The molecule has 0 unspecified atom stereocenters. The van der Waals surface area contributed by atoms with Crippen LogP contribution in [0.3, 0.4) is 0 Å². The Bertz CT molecular complexity index is 1270. The van der Waals surface area contributed by atoms with Crippen LogP contribution < -0.4 is 15.7 Å². The van der Waals surface area contributed by atoms with E-state index in [1.54, 1.807) is 6.07 Å². The van der Waals surface area contributed by atoms with E-state index in [0.29, 0.717) is 18.0 Å². The van der Waals surface area contributed by atoms with Crippen molar-refractivity contribution in [2.75, 3.05) is 23.8 Å².